The van der Waals surface area contributed by atoms with Gasteiger partial charge in [-0.05, 0) is 47.7 Å². The Morgan fingerprint density at radius 1 is 0.952 bits per heavy atom. The highest BCUT2D eigenvalue weighted by Gasteiger charge is 2.30. The minimum absolute atomic E-state index is 0.0479. The number of ether oxygens (including phenoxy) is 1. The normalized spacial score (nSPS) is 12.0. The molecule has 226 valence electrons. The van der Waals surface area contributed by atoms with Crippen molar-refractivity contribution in [3.05, 3.63) is 95.0 Å². The minimum Gasteiger partial charge on any atom is -0.497 e. The molecule has 0 aliphatic rings. The van der Waals surface area contributed by atoms with Crippen LogP contribution in [0.2, 0.25) is 5.02 Å². The van der Waals surface area contributed by atoms with E-state index in [1.807, 2.05) is 56.3 Å². The van der Waals surface area contributed by atoms with E-state index in [-0.39, 0.29) is 43.7 Å². The number of hydrogen-bond acceptors (Lipinski definition) is 5. The molecular formula is C32H40ClN3O5S. The summed E-state index contributed by atoms with van der Waals surface area (Å²) in [7, 11) is -2.11. The molecule has 0 bridgehead atoms. The van der Waals surface area contributed by atoms with Crippen molar-refractivity contribution in [2.45, 2.75) is 45.7 Å². The van der Waals surface area contributed by atoms with E-state index >= 15 is 0 Å². The number of halogens is 1. The average molecular weight is 614 g/mol. The molecule has 3 rings (SSSR count). The van der Waals surface area contributed by atoms with E-state index in [0.29, 0.717) is 29.4 Å². The summed E-state index contributed by atoms with van der Waals surface area (Å²) in [4.78, 5) is 29.1. The molecule has 3 aromatic carbocycles. The number of methoxy groups -OCH3 is 1. The van der Waals surface area contributed by atoms with Crippen molar-refractivity contribution in [3.8, 4) is 5.75 Å². The molecule has 0 aliphatic carbocycles. The second-order valence-corrected chi connectivity index (χ2v) is 13.0. The van der Waals surface area contributed by atoms with Crippen molar-refractivity contribution in [2.75, 3.05) is 30.8 Å². The van der Waals surface area contributed by atoms with E-state index in [4.69, 9.17) is 16.3 Å². The first-order valence-corrected chi connectivity index (χ1v) is 16.2. The van der Waals surface area contributed by atoms with Crippen LogP contribution in [0.5, 0.6) is 5.75 Å². The molecule has 0 saturated carbocycles. The van der Waals surface area contributed by atoms with Crippen LogP contribution in [0.15, 0.2) is 78.9 Å². The van der Waals surface area contributed by atoms with Crippen molar-refractivity contribution in [1.82, 2.24) is 10.2 Å². The summed E-state index contributed by atoms with van der Waals surface area (Å²) >= 11 is 6.10. The van der Waals surface area contributed by atoms with Crippen LogP contribution < -0.4 is 14.4 Å². The number of carbonyl (C=O) groups excluding carboxylic acids is 2. The van der Waals surface area contributed by atoms with Crippen molar-refractivity contribution < 1.29 is 22.7 Å². The number of nitrogens with zero attached hydrogens (tertiary/aromatic N) is 2. The third-order valence-corrected chi connectivity index (χ3v) is 8.16. The van der Waals surface area contributed by atoms with Crippen molar-refractivity contribution in [3.63, 3.8) is 0 Å². The number of rotatable bonds is 15. The summed E-state index contributed by atoms with van der Waals surface area (Å²) in [5.41, 5.74) is 2.21. The van der Waals surface area contributed by atoms with Crippen LogP contribution in [0.4, 0.5) is 5.69 Å². The molecule has 0 spiro atoms. The monoisotopic (exact) mass is 613 g/mol. The lowest BCUT2D eigenvalue weighted by Crippen LogP contribution is -2.51. The minimum atomic E-state index is -3.62. The van der Waals surface area contributed by atoms with E-state index in [1.165, 1.54) is 11.4 Å². The van der Waals surface area contributed by atoms with Crippen molar-refractivity contribution in [1.29, 1.82) is 0 Å². The topological polar surface area (TPSA) is 96.0 Å². The first kappa shape index (κ1) is 32.9. The fourth-order valence-electron chi connectivity index (χ4n) is 4.53. The van der Waals surface area contributed by atoms with Gasteiger partial charge in [0, 0.05) is 43.6 Å². The standard InChI is InChI=1S/C32H40ClN3O5S/c1-24(2)22-34-32(38)30(20-25-10-6-5-7-11-25)35(23-26-15-17-27(33)18-16-26)31(37)14-9-19-36(42(4,39)40)28-12-8-13-29(21-28)41-3/h5-8,10-13,15-18,21,24,30H,9,14,19-20,22-23H2,1-4H3,(H,34,38)/t30-/m1/s1. The average Bonchev–Trinajstić information content (AvgIpc) is 2.96. The Hall–Kier alpha value is -3.56. The Kier molecular flexibility index (Phi) is 12.2. The van der Waals surface area contributed by atoms with Gasteiger partial charge in [-0.25, -0.2) is 8.42 Å². The van der Waals surface area contributed by atoms with Crippen LogP contribution in [0.25, 0.3) is 0 Å². The third kappa shape index (κ3) is 10.1. The zero-order chi connectivity index (χ0) is 30.7. The largest absolute Gasteiger partial charge is 0.497 e. The van der Waals surface area contributed by atoms with Gasteiger partial charge in [0.2, 0.25) is 21.8 Å². The fourth-order valence-corrected chi connectivity index (χ4v) is 5.62. The Labute approximate surface area is 254 Å². The van der Waals surface area contributed by atoms with Gasteiger partial charge in [-0.1, -0.05) is 74.0 Å². The van der Waals surface area contributed by atoms with Crippen LogP contribution in [-0.2, 0) is 32.6 Å². The number of sulfonamides is 1. The predicted octanol–water partition coefficient (Wildman–Crippen LogP) is 5.31. The quantitative estimate of drug-likeness (QED) is 0.251. The van der Waals surface area contributed by atoms with Gasteiger partial charge in [0.25, 0.3) is 0 Å². The number of benzene rings is 3. The first-order chi connectivity index (χ1) is 20.0. The number of nitrogens with one attached hydrogen (secondary N) is 1. The molecule has 42 heavy (non-hydrogen) atoms. The highest BCUT2D eigenvalue weighted by atomic mass is 35.5. The summed E-state index contributed by atoms with van der Waals surface area (Å²) < 4.78 is 31.9. The number of anilines is 1. The van der Waals surface area contributed by atoms with Crippen LogP contribution >= 0.6 is 11.6 Å². The second-order valence-electron chi connectivity index (χ2n) is 10.6. The van der Waals surface area contributed by atoms with E-state index in [1.54, 1.807) is 41.3 Å². The Bertz CT molecular complexity index is 1420. The maximum absolute atomic E-state index is 13.9. The molecule has 0 heterocycles. The molecule has 0 saturated heterocycles. The summed E-state index contributed by atoms with van der Waals surface area (Å²) in [5, 5.41) is 3.58. The molecule has 0 fully saturated rings. The summed E-state index contributed by atoms with van der Waals surface area (Å²) in [6, 6.07) is 22.8. The number of hydrogen-bond donors (Lipinski definition) is 1. The van der Waals surface area contributed by atoms with Gasteiger partial charge in [0.1, 0.15) is 11.8 Å². The molecule has 0 aliphatic heterocycles. The summed E-state index contributed by atoms with van der Waals surface area (Å²) in [6.45, 7) is 4.80. The van der Waals surface area contributed by atoms with E-state index in [2.05, 4.69) is 5.32 Å². The molecule has 1 N–H and O–H groups in total. The summed E-state index contributed by atoms with van der Waals surface area (Å²) in [5.74, 6) is 0.293. The van der Waals surface area contributed by atoms with Crippen LogP contribution in [-0.4, -0.2) is 57.6 Å². The van der Waals surface area contributed by atoms with Gasteiger partial charge in [-0.2, -0.15) is 0 Å². The molecule has 2 amide bonds. The van der Waals surface area contributed by atoms with Gasteiger partial charge in [0.05, 0.1) is 19.1 Å². The molecule has 10 heteroatoms. The van der Waals surface area contributed by atoms with E-state index in [9.17, 15) is 18.0 Å². The highest BCUT2D eigenvalue weighted by Crippen LogP contribution is 2.24. The van der Waals surface area contributed by atoms with Gasteiger partial charge in [-0.15, -0.1) is 0 Å². The van der Waals surface area contributed by atoms with Crippen LogP contribution in [0.3, 0.4) is 0 Å². The van der Waals surface area contributed by atoms with E-state index < -0.39 is 16.1 Å². The van der Waals surface area contributed by atoms with Gasteiger partial charge in [0.15, 0.2) is 0 Å². The molecule has 3 aromatic rings. The maximum atomic E-state index is 13.9. The lowest BCUT2D eigenvalue weighted by atomic mass is 10.0. The maximum Gasteiger partial charge on any atom is 0.243 e. The molecule has 8 nitrogen and oxygen atoms in total. The zero-order valence-electron chi connectivity index (χ0n) is 24.6. The highest BCUT2D eigenvalue weighted by molar-refractivity contribution is 7.92. The Morgan fingerprint density at radius 2 is 1.64 bits per heavy atom. The van der Waals surface area contributed by atoms with Crippen LogP contribution in [0, 0.1) is 5.92 Å². The SMILES string of the molecule is COc1cccc(N(CCCC(=O)N(Cc2ccc(Cl)cc2)[C@H](Cc2ccccc2)C(=O)NCC(C)C)S(C)(=O)=O)c1. The van der Waals surface area contributed by atoms with Gasteiger partial charge in [-0.3, -0.25) is 13.9 Å². The number of amides is 2. The Morgan fingerprint density at radius 3 is 2.26 bits per heavy atom. The fraction of sp³-hybridized carbons (Fsp3) is 0.375. The van der Waals surface area contributed by atoms with E-state index in [0.717, 1.165) is 17.4 Å². The number of carbonyl (C=O) groups is 2. The molecule has 0 aromatic heterocycles. The van der Waals surface area contributed by atoms with Gasteiger partial charge >= 0.3 is 0 Å². The van der Waals surface area contributed by atoms with Crippen molar-refractivity contribution in [2.24, 2.45) is 5.92 Å². The lowest BCUT2D eigenvalue weighted by molar-refractivity contribution is -0.141. The Balaban J connectivity index is 1.88. The second kappa shape index (κ2) is 15.6. The predicted molar refractivity (Wildman–Crippen MR) is 168 cm³/mol. The molecular weight excluding hydrogens is 574 g/mol. The van der Waals surface area contributed by atoms with Crippen molar-refractivity contribution >= 4 is 39.1 Å². The van der Waals surface area contributed by atoms with Crippen LogP contribution in [0.1, 0.15) is 37.8 Å². The summed E-state index contributed by atoms with van der Waals surface area (Å²) in [6.07, 6.45) is 1.78. The molecule has 0 unspecified atom stereocenters. The molecule has 0 radical (unpaired) electrons. The molecule has 1 atom stereocenters. The smallest absolute Gasteiger partial charge is 0.243 e. The third-order valence-electron chi connectivity index (χ3n) is 6.72. The zero-order valence-corrected chi connectivity index (χ0v) is 26.2. The lowest BCUT2D eigenvalue weighted by Gasteiger charge is -2.32. The van der Waals surface area contributed by atoms with Gasteiger partial charge < -0.3 is 15.0 Å². The first-order valence-electron chi connectivity index (χ1n) is 13.9.